The van der Waals surface area contributed by atoms with Crippen molar-refractivity contribution in [2.75, 3.05) is 37.0 Å². The molecule has 0 spiro atoms. The Labute approximate surface area is 106 Å². The van der Waals surface area contributed by atoms with Gasteiger partial charge in [0, 0.05) is 20.1 Å². The van der Waals surface area contributed by atoms with Crippen LogP contribution in [0.15, 0.2) is 18.3 Å². The average Bonchev–Trinajstić information content (AvgIpc) is 2.38. The minimum atomic E-state index is -2.97. The smallest absolute Gasteiger partial charge is 0.272 e. The van der Waals surface area contributed by atoms with Crippen molar-refractivity contribution in [1.29, 1.82) is 0 Å². The molecule has 1 N–H and O–H groups in total. The van der Waals surface area contributed by atoms with Crippen molar-refractivity contribution < 1.29 is 13.2 Å². The monoisotopic (exact) mass is 269 g/mol. The molecule has 1 aliphatic rings. The van der Waals surface area contributed by atoms with Gasteiger partial charge in [-0.1, -0.05) is 0 Å². The van der Waals surface area contributed by atoms with Crippen molar-refractivity contribution in [3.8, 4) is 0 Å². The van der Waals surface area contributed by atoms with Crippen LogP contribution >= 0.6 is 0 Å². The predicted molar refractivity (Wildman–Crippen MR) is 68.3 cm³/mol. The molecule has 0 saturated carbocycles. The Bertz CT molecular complexity index is 525. The molecule has 0 unspecified atom stereocenters. The number of hydrogen-bond donors (Lipinski definition) is 1. The van der Waals surface area contributed by atoms with E-state index >= 15 is 0 Å². The van der Waals surface area contributed by atoms with Gasteiger partial charge in [-0.25, -0.2) is 13.4 Å². The minimum Gasteiger partial charge on any atom is -0.387 e. The van der Waals surface area contributed by atoms with Gasteiger partial charge in [0.05, 0.1) is 23.4 Å². The molecule has 0 bridgehead atoms. The Hall–Kier alpha value is -1.63. The average molecular weight is 269 g/mol. The van der Waals surface area contributed by atoms with Gasteiger partial charge in [0.1, 0.15) is 5.69 Å². The second-order valence-electron chi connectivity index (χ2n) is 4.13. The fraction of sp³-hybridized carbons (Fsp3) is 0.455. The van der Waals surface area contributed by atoms with Crippen molar-refractivity contribution in [3.05, 3.63) is 24.0 Å². The van der Waals surface area contributed by atoms with Crippen LogP contribution in [-0.4, -0.2) is 55.9 Å². The first-order valence-corrected chi connectivity index (χ1v) is 7.47. The minimum absolute atomic E-state index is 0.0351. The molecule has 1 aromatic rings. The molecule has 0 aromatic carbocycles. The van der Waals surface area contributed by atoms with Crippen molar-refractivity contribution in [1.82, 2.24) is 9.88 Å². The van der Waals surface area contributed by atoms with Crippen molar-refractivity contribution in [3.63, 3.8) is 0 Å². The SMILES string of the molecule is CNc1ccc(C(=O)N2CCS(=O)(=O)CC2)nc1. The van der Waals surface area contributed by atoms with Crippen molar-refractivity contribution in [2.45, 2.75) is 0 Å². The molecule has 1 amide bonds. The molecule has 1 fully saturated rings. The van der Waals surface area contributed by atoms with Gasteiger partial charge >= 0.3 is 0 Å². The van der Waals surface area contributed by atoms with Gasteiger partial charge < -0.3 is 10.2 Å². The molecule has 1 aliphatic heterocycles. The van der Waals surface area contributed by atoms with Crippen LogP contribution in [0.3, 0.4) is 0 Å². The maximum atomic E-state index is 12.1. The van der Waals surface area contributed by atoms with Crippen molar-refractivity contribution in [2.24, 2.45) is 0 Å². The third kappa shape index (κ3) is 2.79. The third-order valence-electron chi connectivity index (χ3n) is 2.90. The summed E-state index contributed by atoms with van der Waals surface area (Å²) < 4.78 is 22.6. The molecular formula is C11H15N3O3S. The Morgan fingerprint density at radius 2 is 2.00 bits per heavy atom. The van der Waals surface area contributed by atoms with Crippen LogP contribution in [0.25, 0.3) is 0 Å². The fourth-order valence-corrected chi connectivity index (χ4v) is 2.95. The molecule has 98 valence electrons. The van der Waals surface area contributed by atoms with E-state index in [4.69, 9.17) is 0 Å². The molecule has 18 heavy (non-hydrogen) atoms. The van der Waals surface area contributed by atoms with Gasteiger partial charge in [-0.2, -0.15) is 0 Å². The second-order valence-corrected chi connectivity index (χ2v) is 6.43. The molecule has 7 heteroatoms. The third-order valence-corrected chi connectivity index (χ3v) is 4.51. The zero-order valence-electron chi connectivity index (χ0n) is 10.1. The zero-order valence-corrected chi connectivity index (χ0v) is 10.9. The molecule has 6 nitrogen and oxygen atoms in total. The lowest BCUT2D eigenvalue weighted by atomic mass is 10.3. The normalized spacial score (nSPS) is 18.4. The topological polar surface area (TPSA) is 79.4 Å². The molecule has 0 atom stereocenters. The first-order valence-electron chi connectivity index (χ1n) is 5.65. The van der Waals surface area contributed by atoms with E-state index in [1.54, 1.807) is 25.4 Å². The molecule has 2 heterocycles. The first kappa shape index (κ1) is 12.8. The Kier molecular flexibility index (Phi) is 3.51. The van der Waals surface area contributed by atoms with Gasteiger partial charge in [0.2, 0.25) is 0 Å². The van der Waals surface area contributed by atoms with E-state index in [1.165, 1.54) is 4.90 Å². The van der Waals surface area contributed by atoms with Gasteiger partial charge in [0.25, 0.3) is 5.91 Å². The predicted octanol–water partition coefficient (Wildman–Crippen LogP) is -0.00610. The Morgan fingerprint density at radius 1 is 1.33 bits per heavy atom. The zero-order chi connectivity index (χ0) is 13.2. The lowest BCUT2D eigenvalue weighted by Gasteiger charge is -2.26. The summed E-state index contributed by atoms with van der Waals surface area (Å²) in [7, 11) is -1.19. The van der Waals surface area contributed by atoms with E-state index in [2.05, 4.69) is 10.3 Å². The van der Waals surface area contributed by atoms with Gasteiger partial charge in [-0.3, -0.25) is 4.79 Å². The maximum Gasteiger partial charge on any atom is 0.272 e. The number of carbonyl (C=O) groups excluding carboxylic acids is 1. The molecular weight excluding hydrogens is 254 g/mol. The number of rotatable bonds is 2. The van der Waals surface area contributed by atoms with Crippen LogP contribution in [0, 0.1) is 0 Å². The first-order chi connectivity index (χ1) is 8.52. The molecule has 1 saturated heterocycles. The van der Waals surface area contributed by atoms with E-state index in [0.29, 0.717) is 5.69 Å². The van der Waals surface area contributed by atoms with E-state index in [1.807, 2.05) is 0 Å². The van der Waals surface area contributed by atoms with Crippen LogP contribution in [0.4, 0.5) is 5.69 Å². The number of carbonyl (C=O) groups is 1. The molecule has 1 aromatic heterocycles. The van der Waals surface area contributed by atoms with Crippen LogP contribution in [0.2, 0.25) is 0 Å². The number of sulfone groups is 1. The number of nitrogens with zero attached hydrogens (tertiary/aromatic N) is 2. The summed E-state index contributed by atoms with van der Waals surface area (Å²) in [5, 5.41) is 2.92. The van der Waals surface area contributed by atoms with Crippen molar-refractivity contribution >= 4 is 21.4 Å². The lowest BCUT2D eigenvalue weighted by Crippen LogP contribution is -2.43. The number of anilines is 1. The van der Waals surface area contributed by atoms with Gasteiger partial charge in [-0.15, -0.1) is 0 Å². The number of amides is 1. The van der Waals surface area contributed by atoms with Crippen LogP contribution in [0.1, 0.15) is 10.5 Å². The second kappa shape index (κ2) is 4.93. The van der Waals surface area contributed by atoms with Crippen LogP contribution in [-0.2, 0) is 9.84 Å². The molecule has 0 radical (unpaired) electrons. The van der Waals surface area contributed by atoms with Gasteiger partial charge in [-0.05, 0) is 12.1 Å². The number of aromatic nitrogens is 1. The highest BCUT2D eigenvalue weighted by Gasteiger charge is 2.26. The summed E-state index contributed by atoms with van der Waals surface area (Å²) in [5.74, 6) is -0.145. The Balaban J connectivity index is 2.07. The quantitative estimate of drug-likeness (QED) is 0.817. The fourth-order valence-electron chi connectivity index (χ4n) is 1.75. The highest BCUT2D eigenvalue weighted by atomic mass is 32.2. The largest absolute Gasteiger partial charge is 0.387 e. The summed E-state index contributed by atoms with van der Waals surface area (Å²) in [6.07, 6.45) is 1.58. The number of nitrogens with one attached hydrogen (secondary N) is 1. The molecule has 0 aliphatic carbocycles. The summed E-state index contributed by atoms with van der Waals surface area (Å²) in [6, 6.07) is 3.40. The standard InChI is InChI=1S/C11H15N3O3S/c1-12-9-2-3-10(13-8-9)11(15)14-4-6-18(16,17)7-5-14/h2-3,8,12H,4-7H2,1H3. The van der Waals surface area contributed by atoms with E-state index in [-0.39, 0.29) is 30.5 Å². The summed E-state index contributed by atoms with van der Waals surface area (Å²) in [4.78, 5) is 17.6. The van der Waals surface area contributed by atoms with E-state index in [9.17, 15) is 13.2 Å². The van der Waals surface area contributed by atoms with E-state index in [0.717, 1.165) is 5.69 Å². The highest BCUT2D eigenvalue weighted by Crippen LogP contribution is 2.10. The molecule has 2 rings (SSSR count). The Morgan fingerprint density at radius 3 is 2.50 bits per heavy atom. The number of hydrogen-bond acceptors (Lipinski definition) is 5. The summed E-state index contributed by atoms with van der Waals surface area (Å²) in [5.41, 5.74) is 1.17. The lowest BCUT2D eigenvalue weighted by molar-refractivity contribution is 0.0764. The van der Waals surface area contributed by atoms with Gasteiger partial charge in [0.15, 0.2) is 9.84 Å². The summed E-state index contributed by atoms with van der Waals surface area (Å²) >= 11 is 0. The highest BCUT2D eigenvalue weighted by molar-refractivity contribution is 7.91. The number of pyridine rings is 1. The van der Waals surface area contributed by atoms with Crippen LogP contribution in [0.5, 0.6) is 0 Å². The van der Waals surface area contributed by atoms with E-state index < -0.39 is 9.84 Å². The summed E-state index contributed by atoms with van der Waals surface area (Å²) in [6.45, 7) is 0.493. The van der Waals surface area contributed by atoms with Crippen LogP contribution < -0.4 is 5.32 Å². The maximum absolute atomic E-state index is 12.1.